The predicted octanol–water partition coefficient (Wildman–Crippen LogP) is 2.63. The molecule has 0 saturated carbocycles. The number of aromatic amines is 1. The zero-order chi connectivity index (χ0) is 13.0. The molecule has 2 rings (SSSR count). The monoisotopic (exact) mass is 326 g/mol. The fraction of sp³-hybridized carbons (Fsp3) is 0. The molecule has 0 unspecified atom stereocenters. The third kappa shape index (κ3) is 3.18. The lowest BCUT2D eigenvalue weighted by molar-refractivity contribution is 0.977. The number of benzene rings is 1. The van der Waals surface area contributed by atoms with Crippen molar-refractivity contribution in [2.45, 2.75) is 0 Å². The summed E-state index contributed by atoms with van der Waals surface area (Å²) in [5.41, 5.74) is 3.73. The Kier molecular flexibility index (Phi) is 4.11. The normalized spacial score (nSPS) is 10.8. The molecule has 0 spiro atoms. The molecule has 0 aliphatic carbocycles. The maximum Gasteiger partial charge on any atom is 0.280 e. The van der Waals surface area contributed by atoms with Crippen molar-refractivity contribution in [3.8, 4) is 0 Å². The number of nitrogens with zero attached hydrogens (tertiary/aromatic N) is 2. The van der Waals surface area contributed by atoms with Gasteiger partial charge in [0.25, 0.3) is 5.56 Å². The first-order valence-electron chi connectivity index (χ1n) is 4.94. The average Bonchev–Trinajstić information content (AvgIpc) is 2.35. The first-order chi connectivity index (χ1) is 8.66. The van der Waals surface area contributed by atoms with Gasteiger partial charge in [0.2, 0.25) is 0 Å². The number of hydrogen-bond donors (Lipinski definition) is 2. The summed E-state index contributed by atoms with van der Waals surface area (Å²) in [5.74, 6) is 0. The molecule has 2 N–H and O–H groups in total. The van der Waals surface area contributed by atoms with Crippen LogP contribution >= 0.6 is 27.5 Å². The molecule has 2 aromatic rings. The van der Waals surface area contributed by atoms with Gasteiger partial charge >= 0.3 is 0 Å². The van der Waals surface area contributed by atoms with E-state index in [0.717, 1.165) is 5.56 Å². The van der Waals surface area contributed by atoms with Crippen molar-refractivity contribution < 1.29 is 0 Å². The van der Waals surface area contributed by atoms with Crippen molar-refractivity contribution in [2.24, 2.45) is 5.10 Å². The summed E-state index contributed by atoms with van der Waals surface area (Å²) in [6.07, 6.45) is 3.06. The summed E-state index contributed by atoms with van der Waals surface area (Å²) in [5, 5.41) is 10.6. The fourth-order valence-electron chi connectivity index (χ4n) is 1.22. The lowest BCUT2D eigenvalue weighted by Crippen LogP contribution is -2.10. The Morgan fingerprint density at radius 3 is 3.11 bits per heavy atom. The molecule has 0 atom stereocenters. The van der Waals surface area contributed by atoms with Gasteiger partial charge in [0.15, 0.2) is 0 Å². The van der Waals surface area contributed by atoms with Crippen LogP contribution in [0.15, 0.2) is 44.8 Å². The number of halogens is 2. The minimum atomic E-state index is -0.321. The Bertz CT molecular complexity index is 641. The van der Waals surface area contributed by atoms with Gasteiger partial charge in [-0.25, -0.2) is 5.10 Å². The smallest absolute Gasteiger partial charge is 0.275 e. The standard InChI is InChI=1S/C11H8BrClN4O/c12-10-9(6-15-17-11(10)18)16-14-5-7-2-1-3-8(13)4-7/h1-6H,(H2,16,17,18)/b14-5-. The van der Waals surface area contributed by atoms with Gasteiger partial charge in [0.1, 0.15) is 4.47 Å². The molecular formula is C11H8BrClN4O. The first-order valence-corrected chi connectivity index (χ1v) is 6.12. The molecule has 1 heterocycles. The lowest BCUT2D eigenvalue weighted by atomic mass is 10.2. The highest BCUT2D eigenvalue weighted by Gasteiger charge is 2.02. The van der Waals surface area contributed by atoms with Crippen LogP contribution in [-0.4, -0.2) is 16.4 Å². The summed E-state index contributed by atoms with van der Waals surface area (Å²) in [6.45, 7) is 0. The summed E-state index contributed by atoms with van der Waals surface area (Å²) < 4.78 is 0.348. The van der Waals surface area contributed by atoms with Crippen LogP contribution in [0.1, 0.15) is 5.56 Å². The van der Waals surface area contributed by atoms with Gasteiger partial charge in [-0.2, -0.15) is 10.2 Å². The van der Waals surface area contributed by atoms with E-state index in [-0.39, 0.29) is 5.56 Å². The van der Waals surface area contributed by atoms with E-state index in [0.29, 0.717) is 15.2 Å². The number of nitrogens with one attached hydrogen (secondary N) is 2. The second-order valence-electron chi connectivity index (χ2n) is 3.35. The number of H-pyrrole nitrogens is 1. The third-order valence-electron chi connectivity index (χ3n) is 2.04. The molecule has 0 fully saturated rings. The number of rotatable bonds is 3. The maximum absolute atomic E-state index is 11.2. The lowest BCUT2D eigenvalue weighted by Gasteiger charge is -2.00. The molecule has 0 bridgehead atoms. The maximum atomic E-state index is 11.2. The topological polar surface area (TPSA) is 70.1 Å². The first kappa shape index (κ1) is 12.8. The zero-order valence-electron chi connectivity index (χ0n) is 9.02. The highest BCUT2D eigenvalue weighted by molar-refractivity contribution is 9.10. The SMILES string of the molecule is O=c1[nH]ncc(N/N=C\c2cccc(Cl)c2)c1Br. The number of aromatic nitrogens is 2. The molecule has 1 aromatic heterocycles. The number of hydrogen-bond acceptors (Lipinski definition) is 4. The molecule has 0 aliphatic heterocycles. The summed E-state index contributed by atoms with van der Waals surface area (Å²) in [4.78, 5) is 11.2. The van der Waals surface area contributed by atoms with Crippen LogP contribution in [0.5, 0.6) is 0 Å². The summed E-state index contributed by atoms with van der Waals surface area (Å²) >= 11 is 8.98. The Labute approximate surface area is 116 Å². The van der Waals surface area contributed by atoms with E-state index in [1.165, 1.54) is 6.20 Å². The molecule has 92 valence electrons. The molecule has 0 radical (unpaired) electrons. The largest absolute Gasteiger partial charge is 0.280 e. The summed E-state index contributed by atoms with van der Waals surface area (Å²) in [7, 11) is 0. The highest BCUT2D eigenvalue weighted by Crippen LogP contribution is 2.15. The van der Waals surface area contributed by atoms with Gasteiger partial charge in [0, 0.05) is 5.02 Å². The van der Waals surface area contributed by atoms with Crippen LogP contribution in [0, 0.1) is 0 Å². The molecule has 7 heteroatoms. The van der Waals surface area contributed by atoms with Crippen LogP contribution in [0.2, 0.25) is 5.02 Å². The second kappa shape index (κ2) is 5.79. The van der Waals surface area contributed by atoms with Crippen molar-refractivity contribution in [1.29, 1.82) is 0 Å². The molecule has 0 aliphatic rings. The third-order valence-corrected chi connectivity index (χ3v) is 3.07. The Hall–Kier alpha value is -1.66. The average molecular weight is 328 g/mol. The van der Waals surface area contributed by atoms with E-state index in [1.54, 1.807) is 18.3 Å². The van der Waals surface area contributed by atoms with E-state index in [1.807, 2.05) is 12.1 Å². The van der Waals surface area contributed by atoms with Crippen LogP contribution in [0.3, 0.4) is 0 Å². The van der Waals surface area contributed by atoms with Crippen molar-refractivity contribution in [3.05, 3.63) is 55.9 Å². The van der Waals surface area contributed by atoms with E-state index >= 15 is 0 Å². The molecule has 5 nitrogen and oxygen atoms in total. The molecule has 1 aromatic carbocycles. The molecule has 0 saturated heterocycles. The Morgan fingerprint density at radius 2 is 2.33 bits per heavy atom. The van der Waals surface area contributed by atoms with Crippen LogP contribution < -0.4 is 11.0 Å². The van der Waals surface area contributed by atoms with Gasteiger partial charge in [-0.15, -0.1) is 0 Å². The van der Waals surface area contributed by atoms with E-state index < -0.39 is 0 Å². The van der Waals surface area contributed by atoms with E-state index in [4.69, 9.17) is 11.6 Å². The van der Waals surface area contributed by atoms with Crippen molar-refractivity contribution >= 4 is 39.4 Å². The molecular weight excluding hydrogens is 320 g/mol. The van der Waals surface area contributed by atoms with Crippen LogP contribution in [0.25, 0.3) is 0 Å². The van der Waals surface area contributed by atoms with Crippen molar-refractivity contribution in [1.82, 2.24) is 10.2 Å². The Balaban J connectivity index is 2.12. The zero-order valence-corrected chi connectivity index (χ0v) is 11.4. The quantitative estimate of drug-likeness (QED) is 0.672. The Morgan fingerprint density at radius 1 is 1.50 bits per heavy atom. The van der Waals surface area contributed by atoms with E-state index in [9.17, 15) is 4.79 Å². The second-order valence-corrected chi connectivity index (χ2v) is 4.58. The summed E-state index contributed by atoms with van der Waals surface area (Å²) in [6, 6.07) is 7.25. The van der Waals surface area contributed by atoms with Gasteiger partial charge in [-0.05, 0) is 33.6 Å². The van der Waals surface area contributed by atoms with Crippen LogP contribution in [-0.2, 0) is 0 Å². The highest BCUT2D eigenvalue weighted by atomic mass is 79.9. The predicted molar refractivity (Wildman–Crippen MR) is 75.2 cm³/mol. The van der Waals surface area contributed by atoms with Gasteiger partial charge in [0.05, 0.1) is 18.1 Å². The van der Waals surface area contributed by atoms with Gasteiger partial charge in [-0.3, -0.25) is 10.2 Å². The van der Waals surface area contributed by atoms with Gasteiger partial charge < -0.3 is 0 Å². The van der Waals surface area contributed by atoms with Crippen molar-refractivity contribution in [3.63, 3.8) is 0 Å². The minimum absolute atomic E-state index is 0.321. The molecule has 0 amide bonds. The fourth-order valence-corrected chi connectivity index (χ4v) is 1.70. The number of hydrazone groups is 1. The van der Waals surface area contributed by atoms with Crippen molar-refractivity contribution in [2.75, 3.05) is 5.43 Å². The van der Waals surface area contributed by atoms with Gasteiger partial charge in [-0.1, -0.05) is 23.7 Å². The number of anilines is 1. The molecule has 18 heavy (non-hydrogen) atoms. The van der Waals surface area contributed by atoms with E-state index in [2.05, 4.69) is 36.7 Å². The minimum Gasteiger partial charge on any atom is -0.275 e. The van der Waals surface area contributed by atoms with Crippen LogP contribution in [0.4, 0.5) is 5.69 Å².